The number of hydrogen-bond acceptors (Lipinski definition) is 5. The standard InChI is InChI=1S/C24H30N6O3/c1-4-27-14-19(22-20(15-27)24(33)30(26-22)18-8-6-5-7-9-18)23(32)29-12-10-28(11-13-29)16-21(31)25-17(2)3/h5-9,14-15,17H,4,10-13,16H2,1-3H3,(H,25,31). The summed E-state index contributed by atoms with van der Waals surface area (Å²) < 4.78 is 3.20. The number of rotatable bonds is 6. The van der Waals surface area contributed by atoms with E-state index in [1.807, 2.05) is 60.6 Å². The van der Waals surface area contributed by atoms with Crippen molar-refractivity contribution in [3.63, 3.8) is 0 Å². The predicted molar refractivity (Wildman–Crippen MR) is 126 cm³/mol. The van der Waals surface area contributed by atoms with Crippen LogP contribution in [-0.4, -0.2) is 74.7 Å². The number of aromatic nitrogens is 3. The van der Waals surface area contributed by atoms with E-state index in [4.69, 9.17) is 0 Å². The van der Waals surface area contributed by atoms with Gasteiger partial charge in [-0.15, -0.1) is 0 Å². The molecule has 0 spiro atoms. The van der Waals surface area contributed by atoms with Crippen molar-refractivity contribution in [3.8, 4) is 16.9 Å². The molecule has 3 aliphatic heterocycles. The molecule has 3 aliphatic rings. The molecule has 2 amide bonds. The number of piperazine rings is 1. The minimum Gasteiger partial charge on any atom is -0.353 e. The second kappa shape index (κ2) is 9.58. The Balaban J connectivity index is 1.57. The highest BCUT2D eigenvalue weighted by atomic mass is 16.2. The summed E-state index contributed by atoms with van der Waals surface area (Å²) in [6.07, 6.45) is 3.53. The summed E-state index contributed by atoms with van der Waals surface area (Å²) in [5.74, 6) is -0.153. The Bertz CT molecular complexity index is 1160. The number of pyridine rings is 1. The number of carbonyl (C=O) groups excluding carboxylic acids is 2. The van der Waals surface area contributed by atoms with Gasteiger partial charge in [0.2, 0.25) is 5.91 Å². The van der Waals surface area contributed by atoms with Gasteiger partial charge in [0.1, 0.15) is 5.69 Å². The van der Waals surface area contributed by atoms with Gasteiger partial charge in [0, 0.05) is 51.2 Å². The van der Waals surface area contributed by atoms with E-state index in [1.165, 1.54) is 4.68 Å². The van der Waals surface area contributed by atoms with Crippen molar-refractivity contribution in [2.24, 2.45) is 0 Å². The van der Waals surface area contributed by atoms with E-state index in [1.54, 1.807) is 17.3 Å². The Kier molecular flexibility index (Phi) is 6.60. The van der Waals surface area contributed by atoms with Crippen LogP contribution in [0, 0.1) is 0 Å². The molecule has 0 bridgehead atoms. The van der Waals surface area contributed by atoms with Gasteiger partial charge in [0.05, 0.1) is 23.4 Å². The molecule has 3 heterocycles. The van der Waals surface area contributed by atoms with Crippen LogP contribution < -0.4 is 10.9 Å². The maximum Gasteiger partial charge on any atom is 0.282 e. The number of hydrogen-bond donors (Lipinski definition) is 1. The lowest BCUT2D eigenvalue weighted by molar-refractivity contribution is -0.123. The lowest BCUT2D eigenvalue weighted by Crippen LogP contribution is -2.51. The molecule has 0 aromatic heterocycles. The van der Waals surface area contributed by atoms with E-state index < -0.39 is 0 Å². The molecule has 1 aromatic carbocycles. The number of fused-ring (bicyclic) bond motifs is 1. The first-order chi connectivity index (χ1) is 15.9. The Labute approximate surface area is 192 Å². The largest absolute Gasteiger partial charge is 0.353 e. The van der Waals surface area contributed by atoms with Crippen molar-refractivity contribution in [3.05, 3.63) is 58.6 Å². The summed E-state index contributed by atoms with van der Waals surface area (Å²) in [5.41, 5.74) is 1.68. The molecule has 4 rings (SSSR count). The van der Waals surface area contributed by atoms with E-state index in [9.17, 15) is 14.4 Å². The Morgan fingerprint density at radius 1 is 1.06 bits per heavy atom. The summed E-state index contributed by atoms with van der Waals surface area (Å²) in [7, 11) is 0. The highest BCUT2D eigenvalue weighted by Crippen LogP contribution is 2.24. The average Bonchev–Trinajstić information content (AvgIpc) is 3.15. The second-order valence-corrected chi connectivity index (χ2v) is 8.61. The lowest BCUT2D eigenvalue weighted by Gasteiger charge is -2.34. The summed E-state index contributed by atoms with van der Waals surface area (Å²) in [6, 6.07) is 9.31. The van der Waals surface area contributed by atoms with Crippen molar-refractivity contribution in [2.75, 3.05) is 32.7 Å². The molecule has 1 aromatic rings. The number of nitrogens with zero attached hydrogens (tertiary/aromatic N) is 5. The number of amides is 2. The van der Waals surface area contributed by atoms with Crippen molar-refractivity contribution in [1.29, 1.82) is 0 Å². The topological polar surface area (TPSA) is 92.5 Å². The number of nitrogens with one attached hydrogen (secondary N) is 1. The highest BCUT2D eigenvalue weighted by molar-refractivity contribution is 6.00. The fourth-order valence-electron chi connectivity index (χ4n) is 4.09. The van der Waals surface area contributed by atoms with Crippen LogP contribution in [0.4, 0.5) is 0 Å². The van der Waals surface area contributed by atoms with Gasteiger partial charge in [0.25, 0.3) is 11.5 Å². The normalized spacial score (nSPS) is 14.7. The van der Waals surface area contributed by atoms with E-state index in [0.29, 0.717) is 61.8 Å². The van der Waals surface area contributed by atoms with Gasteiger partial charge in [0.15, 0.2) is 0 Å². The van der Waals surface area contributed by atoms with Crippen LogP contribution in [0.1, 0.15) is 31.1 Å². The van der Waals surface area contributed by atoms with Crippen molar-refractivity contribution < 1.29 is 9.59 Å². The zero-order chi connectivity index (χ0) is 23.5. The third kappa shape index (κ3) is 4.83. The van der Waals surface area contributed by atoms with Crippen LogP contribution >= 0.6 is 0 Å². The molecule has 9 heteroatoms. The average molecular weight is 451 g/mol. The van der Waals surface area contributed by atoms with E-state index in [-0.39, 0.29) is 23.4 Å². The fraction of sp³-hybridized carbons (Fsp3) is 0.417. The maximum absolute atomic E-state index is 13.5. The van der Waals surface area contributed by atoms with E-state index in [2.05, 4.69) is 10.4 Å². The van der Waals surface area contributed by atoms with Crippen molar-refractivity contribution in [1.82, 2.24) is 29.5 Å². The van der Waals surface area contributed by atoms with Crippen molar-refractivity contribution >= 4 is 11.8 Å². The van der Waals surface area contributed by atoms with E-state index >= 15 is 0 Å². The van der Waals surface area contributed by atoms with Gasteiger partial charge in [-0.2, -0.15) is 9.78 Å². The van der Waals surface area contributed by atoms with Gasteiger partial charge in [-0.05, 0) is 32.9 Å². The van der Waals surface area contributed by atoms with Crippen LogP contribution in [-0.2, 0) is 11.3 Å². The molecule has 33 heavy (non-hydrogen) atoms. The van der Waals surface area contributed by atoms with Crippen molar-refractivity contribution in [2.45, 2.75) is 33.4 Å². The predicted octanol–water partition coefficient (Wildman–Crippen LogP) is 1.44. The monoisotopic (exact) mass is 450 g/mol. The van der Waals surface area contributed by atoms with Gasteiger partial charge >= 0.3 is 0 Å². The molecule has 0 radical (unpaired) electrons. The van der Waals surface area contributed by atoms with E-state index in [0.717, 1.165) is 0 Å². The number of para-hydroxylation sites is 1. The second-order valence-electron chi connectivity index (χ2n) is 8.61. The molecule has 9 nitrogen and oxygen atoms in total. The number of carbonyl (C=O) groups is 2. The molecular weight excluding hydrogens is 420 g/mol. The SMILES string of the molecule is CCn1cc(C(=O)N2CCN(CC(=O)NC(C)C)CC2)c2nn(-c3ccccc3)c(=O)c-2c1. The molecule has 174 valence electrons. The van der Waals surface area contributed by atoms with Crippen LogP contribution in [0.2, 0.25) is 0 Å². The Morgan fingerprint density at radius 3 is 2.39 bits per heavy atom. The van der Waals surface area contributed by atoms with Gasteiger partial charge in [-0.25, -0.2) is 0 Å². The minimum atomic E-state index is -0.242. The molecule has 1 fully saturated rings. The first-order valence-corrected chi connectivity index (χ1v) is 11.4. The minimum absolute atomic E-state index is 0.00652. The Morgan fingerprint density at radius 2 is 1.76 bits per heavy atom. The molecule has 0 aliphatic carbocycles. The quantitative estimate of drug-likeness (QED) is 0.614. The third-order valence-electron chi connectivity index (χ3n) is 5.80. The fourth-order valence-corrected chi connectivity index (χ4v) is 4.09. The zero-order valence-corrected chi connectivity index (χ0v) is 19.3. The maximum atomic E-state index is 13.5. The lowest BCUT2D eigenvalue weighted by atomic mass is 10.1. The molecule has 1 N–H and O–H groups in total. The van der Waals surface area contributed by atoms with Crippen LogP contribution in [0.25, 0.3) is 16.9 Å². The first kappa shape index (κ1) is 22.7. The van der Waals surface area contributed by atoms with Gasteiger partial charge in [-0.1, -0.05) is 18.2 Å². The summed E-state index contributed by atoms with van der Waals surface area (Å²) >= 11 is 0. The van der Waals surface area contributed by atoms with Crippen LogP contribution in [0.3, 0.4) is 0 Å². The highest BCUT2D eigenvalue weighted by Gasteiger charge is 2.29. The third-order valence-corrected chi connectivity index (χ3v) is 5.80. The van der Waals surface area contributed by atoms with Gasteiger partial charge in [-0.3, -0.25) is 19.3 Å². The molecule has 0 atom stereocenters. The smallest absolute Gasteiger partial charge is 0.282 e. The Hall–Kier alpha value is -3.46. The number of benzene rings is 1. The number of aryl methyl sites for hydroxylation is 1. The summed E-state index contributed by atoms with van der Waals surface area (Å²) in [6.45, 7) is 9.05. The first-order valence-electron chi connectivity index (χ1n) is 11.4. The van der Waals surface area contributed by atoms with Gasteiger partial charge < -0.3 is 14.8 Å². The zero-order valence-electron chi connectivity index (χ0n) is 19.3. The van der Waals surface area contributed by atoms with Crippen LogP contribution in [0.5, 0.6) is 0 Å². The molecule has 0 unspecified atom stereocenters. The summed E-state index contributed by atoms with van der Waals surface area (Å²) in [4.78, 5) is 42.4. The molecule has 0 saturated carbocycles. The van der Waals surface area contributed by atoms with Crippen LogP contribution in [0.15, 0.2) is 47.5 Å². The molecular formula is C24H30N6O3. The molecule has 1 saturated heterocycles. The summed E-state index contributed by atoms with van der Waals surface area (Å²) in [5, 5.41) is 7.44.